The lowest BCUT2D eigenvalue weighted by Crippen LogP contribution is -2.43. The van der Waals surface area contributed by atoms with E-state index in [0.29, 0.717) is 6.54 Å². The number of hydrogen-bond acceptors (Lipinski definition) is 5. The monoisotopic (exact) mass is 298 g/mol. The molecule has 0 saturated heterocycles. The summed E-state index contributed by atoms with van der Waals surface area (Å²) in [5, 5.41) is 3.25. The number of carbonyl (C=O) groups excluding carboxylic acids is 1. The zero-order valence-corrected chi connectivity index (χ0v) is 12.4. The fraction of sp³-hybridized carbons (Fsp3) is 0.312. The Morgan fingerprint density at radius 2 is 2.05 bits per heavy atom. The van der Waals surface area contributed by atoms with Gasteiger partial charge in [-0.2, -0.15) is 0 Å². The maximum Gasteiger partial charge on any atom is 0.237 e. The Balaban J connectivity index is 1.84. The van der Waals surface area contributed by atoms with Gasteiger partial charge in [-0.1, -0.05) is 6.07 Å². The van der Waals surface area contributed by atoms with E-state index in [4.69, 9.17) is 10.5 Å². The number of rotatable bonds is 6. The van der Waals surface area contributed by atoms with Crippen LogP contribution in [0.25, 0.3) is 11.1 Å². The second-order valence-corrected chi connectivity index (χ2v) is 5.45. The van der Waals surface area contributed by atoms with Crippen LogP contribution in [0.4, 0.5) is 0 Å². The van der Waals surface area contributed by atoms with Crippen molar-refractivity contribution >= 4 is 5.91 Å². The van der Waals surface area contributed by atoms with Crippen LogP contribution in [-0.4, -0.2) is 28.5 Å². The van der Waals surface area contributed by atoms with Crippen molar-refractivity contribution in [3.63, 3.8) is 0 Å². The lowest BCUT2D eigenvalue weighted by molar-refractivity contribution is -0.121. The normalized spacial score (nSPS) is 15.3. The number of ether oxygens (including phenoxy) is 1. The van der Waals surface area contributed by atoms with E-state index >= 15 is 0 Å². The number of primary amides is 1. The van der Waals surface area contributed by atoms with Crippen LogP contribution in [0.3, 0.4) is 0 Å². The Hall–Kier alpha value is -2.47. The van der Waals surface area contributed by atoms with Gasteiger partial charge in [0.05, 0.1) is 12.6 Å². The van der Waals surface area contributed by atoms with E-state index in [1.54, 1.807) is 19.5 Å². The first-order chi connectivity index (χ1) is 10.6. The second kappa shape index (κ2) is 5.73. The molecule has 0 atom stereocenters. The van der Waals surface area contributed by atoms with Crippen LogP contribution in [-0.2, 0) is 11.3 Å². The standard InChI is InChI=1S/C16H18N4O2/c1-22-14-3-2-11(13-7-18-10-19-8-13)6-12(14)9-20-16(4-5-16)15(17)21/h2-3,6-8,10,20H,4-5,9H2,1H3,(H2,17,21). The second-order valence-electron chi connectivity index (χ2n) is 5.45. The van der Waals surface area contributed by atoms with Crippen molar-refractivity contribution in [3.05, 3.63) is 42.5 Å². The van der Waals surface area contributed by atoms with E-state index in [9.17, 15) is 4.79 Å². The minimum atomic E-state index is -0.545. The van der Waals surface area contributed by atoms with Crippen molar-refractivity contribution in [2.45, 2.75) is 24.9 Å². The molecule has 0 radical (unpaired) electrons. The highest BCUT2D eigenvalue weighted by atomic mass is 16.5. The zero-order valence-electron chi connectivity index (χ0n) is 12.4. The van der Waals surface area contributed by atoms with Gasteiger partial charge in [-0.15, -0.1) is 0 Å². The highest BCUT2D eigenvalue weighted by Gasteiger charge is 2.48. The maximum absolute atomic E-state index is 11.5. The summed E-state index contributed by atoms with van der Waals surface area (Å²) in [5.41, 5.74) is 7.80. The molecule has 0 spiro atoms. The molecule has 22 heavy (non-hydrogen) atoms. The molecule has 0 aliphatic heterocycles. The van der Waals surface area contributed by atoms with Crippen LogP contribution in [0.1, 0.15) is 18.4 Å². The minimum Gasteiger partial charge on any atom is -0.496 e. The largest absolute Gasteiger partial charge is 0.496 e. The summed E-state index contributed by atoms with van der Waals surface area (Å²) in [7, 11) is 1.63. The SMILES string of the molecule is COc1ccc(-c2cncnc2)cc1CNC1(C(N)=O)CC1. The van der Waals surface area contributed by atoms with Gasteiger partial charge in [-0.3, -0.25) is 10.1 Å². The molecule has 1 aromatic heterocycles. The van der Waals surface area contributed by atoms with E-state index < -0.39 is 5.54 Å². The van der Waals surface area contributed by atoms with Gasteiger partial charge < -0.3 is 10.5 Å². The highest BCUT2D eigenvalue weighted by molar-refractivity contribution is 5.87. The summed E-state index contributed by atoms with van der Waals surface area (Å²) in [4.78, 5) is 19.5. The molecule has 3 rings (SSSR count). The number of hydrogen-bond donors (Lipinski definition) is 2. The van der Waals surface area contributed by atoms with Crippen molar-refractivity contribution in [1.29, 1.82) is 0 Å². The molecular formula is C16H18N4O2. The first-order valence-corrected chi connectivity index (χ1v) is 7.12. The zero-order chi connectivity index (χ0) is 15.6. The topological polar surface area (TPSA) is 90.1 Å². The number of benzene rings is 1. The summed E-state index contributed by atoms with van der Waals surface area (Å²) in [6, 6.07) is 5.88. The number of nitrogens with two attached hydrogens (primary N) is 1. The average Bonchev–Trinajstić information content (AvgIpc) is 3.35. The minimum absolute atomic E-state index is 0.293. The third kappa shape index (κ3) is 2.78. The molecule has 0 unspecified atom stereocenters. The molecule has 3 N–H and O–H groups in total. The lowest BCUT2D eigenvalue weighted by atomic mass is 10.0. The van der Waals surface area contributed by atoms with Gasteiger partial charge in [0.2, 0.25) is 5.91 Å². The van der Waals surface area contributed by atoms with Crippen LogP contribution in [0, 0.1) is 0 Å². The van der Waals surface area contributed by atoms with E-state index in [1.165, 1.54) is 6.33 Å². The first-order valence-electron chi connectivity index (χ1n) is 7.12. The number of methoxy groups -OCH3 is 1. The van der Waals surface area contributed by atoms with E-state index in [0.717, 1.165) is 35.3 Å². The Morgan fingerprint density at radius 3 is 2.64 bits per heavy atom. The molecule has 1 fully saturated rings. The van der Waals surface area contributed by atoms with Crippen molar-refractivity contribution in [3.8, 4) is 16.9 Å². The molecule has 1 aromatic carbocycles. The molecule has 2 aromatic rings. The van der Waals surface area contributed by atoms with E-state index in [2.05, 4.69) is 15.3 Å². The summed E-state index contributed by atoms with van der Waals surface area (Å²) >= 11 is 0. The molecule has 6 nitrogen and oxygen atoms in total. The quantitative estimate of drug-likeness (QED) is 0.838. The molecule has 6 heteroatoms. The van der Waals surface area contributed by atoms with Gasteiger partial charge >= 0.3 is 0 Å². The van der Waals surface area contributed by atoms with Crippen molar-refractivity contribution in [2.24, 2.45) is 5.73 Å². The summed E-state index contributed by atoms with van der Waals surface area (Å²) in [6.45, 7) is 0.521. The molecule has 1 aliphatic rings. The summed E-state index contributed by atoms with van der Waals surface area (Å²) in [5.74, 6) is 0.479. The first kappa shape index (κ1) is 14.5. The fourth-order valence-electron chi connectivity index (χ4n) is 2.44. The molecule has 1 aliphatic carbocycles. The third-order valence-corrected chi connectivity index (χ3v) is 4.01. The Labute approximate surface area is 128 Å². The van der Waals surface area contributed by atoms with Gasteiger partial charge in [0, 0.05) is 30.1 Å². The predicted octanol–water partition coefficient (Wildman–Crippen LogP) is 1.26. The molecule has 1 amide bonds. The highest BCUT2D eigenvalue weighted by Crippen LogP contribution is 2.36. The van der Waals surface area contributed by atoms with Crippen LogP contribution in [0.2, 0.25) is 0 Å². The summed E-state index contributed by atoms with van der Waals surface area (Å²) in [6.07, 6.45) is 6.60. The van der Waals surface area contributed by atoms with Crippen LogP contribution < -0.4 is 15.8 Å². The molecule has 1 saturated carbocycles. The van der Waals surface area contributed by atoms with Crippen molar-refractivity contribution < 1.29 is 9.53 Å². The van der Waals surface area contributed by atoms with Crippen LogP contribution in [0.5, 0.6) is 5.75 Å². The number of amides is 1. The van der Waals surface area contributed by atoms with Crippen LogP contribution >= 0.6 is 0 Å². The maximum atomic E-state index is 11.5. The lowest BCUT2D eigenvalue weighted by Gasteiger charge is -2.16. The van der Waals surface area contributed by atoms with Gasteiger partial charge in [-0.25, -0.2) is 9.97 Å². The van der Waals surface area contributed by atoms with Gasteiger partial charge in [0.15, 0.2) is 0 Å². The number of nitrogens with one attached hydrogen (secondary N) is 1. The Morgan fingerprint density at radius 1 is 1.32 bits per heavy atom. The molecule has 0 bridgehead atoms. The fourth-order valence-corrected chi connectivity index (χ4v) is 2.44. The third-order valence-electron chi connectivity index (χ3n) is 4.01. The van der Waals surface area contributed by atoms with Crippen LogP contribution in [0.15, 0.2) is 36.9 Å². The number of aromatic nitrogens is 2. The predicted molar refractivity (Wildman–Crippen MR) is 82.0 cm³/mol. The average molecular weight is 298 g/mol. The number of nitrogens with zero attached hydrogens (tertiary/aromatic N) is 2. The van der Waals surface area contributed by atoms with E-state index in [-0.39, 0.29) is 5.91 Å². The van der Waals surface area contributed by atoms with Gasteiger partial charge in [0.25, 0.3) is 0 Å². The molecule has 114 valence electrons. The van der Waals surface area contributed by atoms with Gasteiger partial charge in [-0.05, 0) is 30.5 Å². The molecule has 1 heterocycles. The summed E-state index contributed by atoms with van der Waals surface area (Å²) < 4.78 is 5.39. The number of carbonyl (C=O) groups is 1. The van der Waals surface area contributed by atoms with Gasteiger partial charge in [0.1, 0.15) is 12.1 Å². The van der Waals surface area contributed by atoms with Crippen molar-refractivity contribution in [2.75, 3.05) is 7.11 Å². The van der Waals surface area contributed by atoms with Crippen molar-refractivity contribution in [1.82, 2.24) is 15.3 Å². The van der Waals surface area contributed by atoms with E-state index in [1.807, 2.05) is 18.2 Å². The Bertz CT molecular complexity index is 684. The molecular weight excluding hydrogens is 280 g/mol. The Kier molecular flexibility index (Phi) is 3.77. The smallest absolute Gasteiger partial charge is 0.237 e.